The monoisotopic (exact) mass is 396 g/mol. The summed E-state index contributed by atoms with van der Waals surface area (Å²) in [5.41, 5.74) is 1.90. The van der Waals surface area contributed by atoms with E-state index < -0.39 is 12.1 Å². The van der Waals surface area contributed by atoms with Gasteiger partial charge >= 0.3 is 6.03 Å². The quantitative estimate of drug-likeness (QED) is 0.628. The van der Waals surface area contributed by atoms with Crippen LogP contribution < -0.4 is 15.4 Å². The van der Waals surface area contributed by atoms with Crippen LogP contribution in [0.15, 0.2) is 48.8 Å². The molecule has 4 amide bonds. The summed E-state index contributed by atoms with van der Waals surface area (Å²) >= 11 is 0. The average Bonchev–Trinajstić information content (AvgIpc) is 3.03. The van der Waals surface area contributed by atoms with Crippen molar-refractivity contribution in [3.8, 4) is 5.75 Å². The van der Waals surface area contributed by atoms with Crippen LogP contribution in [-0.2, 0) is 22.6 Å². The maximum absolute atomic E-state index is 12.5. The first kappa shape index (κ1) is 20.3. The van der Waals surface area contributed by atoms with E-state index in [0.29, 0.717) is 19.5 Å². The lowest BCUT2D eigenvalue weighted by atomic mass is 10.1. The molecule has 0 spiro atoms. The molecule has 1 aromatic heterocycles. The van der Waals surface area contributed by atoms with Crippen LogP contribution >= 0.6 is 0 Å². The highest BCUT2D eigenvalue weighted by Gasteiger charge is 2.37. The summed E-state index contributed by atoms with van der Waals surface area (Å²) in [5, 5.41) is 5.45. The largest absolute Gasteiger partial charge is 0.497 e. The van der Waals surface area contributed by atoms with Gasteiger partial charge < -0.3 is 15.4 Å². The fourth-order valence-electron chi connectivity index (χ4n) is 3.08. The lowest BCUT2D eigenvalue weighted by Crippen LogP contribution is -2.34. The summed E-state index contributed by atoms with van der Waals surface area (Å²) in [6.45, 7) is 0.673. The minimum atomic E-state index is -0.664. The van der Waals surface area contributed by atoms with Crippen molar-refractivity contribution in [1.82, 2.24) is 20.5 Å². The Kier molecular flexibility index (Phi) is 6.78. The Morgan fingerprint density at radius 2 is 2.00 bits per heavy atom. The summed E-state index contributed by atoms with van der Waals surface area (Å²) < 4.78 is 5.12. The molecule has 1 atom stereocenters. The smallest absolute Gasteiger partial charge is 0.324 e. The molecule has 152 valence electrons. The third-order valence-corrected chi connectivity index (χ3v) is 4.76. The van der Waals surface area contributed by atoms with Gasteiger partial charge in [-0.25, -0.2) is 4.79 Å². The van der Waals surface area contributed by atoms with Crippen LogP contribution in [0, 0.1) is 0 Å². The number of benzene rings is 1. The van der Waals surface area contributed by atoms with E-state index >= 15 is 0 Å². The highest BCUT2D eigenvalue weighted by atomic mass is 16.5. The summed E-state index contributed by atoms with van der Waals surface area (Å²) in [4.78, 5) is 41.9. The number of hydrogen-bond acceptors (Lipinski definition) is 5. The number of imide groups is 1. The maximum Gasteiger partial charge on any atom is 0.324 e. The number of amides is 4. The molecule has 2 aromatic rings. The zero-order valence-electron chi connectivity index (χ0n) is 16.3. The topological polar surface area (TPSA) is 101 Å². The normalized spacial score (nSPS) is 15.9. The van der Waals surface area contributed by atoms with Gasteiger partial charge in [0.15, 0.2) is 0 Å². The average molecular weight is 396 g/mol. The van der Waals surface area contributed by atoms with E-state index in [1.165, 1.54) is 4.90 Å². The third kappa shape index (κ3) is 5.54. The molecule has 0 bridgehead atoms. The molecule has 1 aliphatic rings. The first-order valence-electron chi connectivity index (χ1n) is 9.47. The van der Waals surface area contributed by atoms with Crippen molar-refractivity contribution in [2.75, 3.05) is 13.7 Å². The van der Waals surface area contributed by atoms with Gasteiger partial charge in [-0.1, -0.05) is 18.2 Å². The van der Waals surface area contributed by atoms with Crippen LogP contribution in [0.3, 0.4) is 0 Å². The van der Waals surface area contributed by atoms with Crippen LogP contribution in [0.2, 0.25) is 0 Å². The fraction of sp³-hybridized carbons (Fsp3) is 0.333. The van der Waals surface area contributed by atoms with Crippen molar-refractivity contribution >= 4 is 17.8 Å². The van der Waals surface area contributed by atoms with Gasteiger partial charge in [0.05, 0.1) is 7.11 Å². The molecule has 2 N–H and O–H groups in total. The van der Waals surface area contributed by atoms with Crippen LogP contribution in [0.5, 0.6) is 5.75 Å². The summed E-state index contributed by atoms with van der Waals surface area (Å²) in [5.74, 6) is 0.293. The first-order chi connectivity index (χ1) is 14.1. The lowest BCUT2D eigenvalue weighted by Gasteiger charge is -2.13. The number of pyridine rings is 1. The van der Waals surface area contributed by atoms with Crippen molar-refractivity contribution in [2.45, 2.75) is 31.8 Å². The van der Waals surface area contributed by atoms with E-state index in [1.807, 2.05) is 30.3 Å². The number of hydrogen-bond donors (Lipinski definition) is 2. The van der Waals surface area contributed by atoms with Gasteiger partial charge in [0.1, 0.15) is 11.8 Å². The number of ether oxygens (including phenoxy) is 1. The van der Waals surface area contributed by atoms with Gasteiger partial charge in [0, 0.05) is 31.9 Å². The zero-order valence-corrected chi connectivity index (χ0v) is 16.3. The Morgan fingerprint density at radius 3 is 2.69 bits per heavy atom. The minimum absolute atomic E-state index is 0.156. The second-order valence-corrected chi connectivity index (χ2v) is 6.77. The number of rotatable bonds is 9. The van der Waals surface area contributed by atoms with Gasteiger partial charge in [0.2, 0.25) is 5.91 Å². The predicted molar refractivity (Wildman–Crippen MR) is 106 cm³/mol. The molecule has 1 unspecified atom stereocenters. The summed E-state index contributed by atoms with van der Waals surface area (Å²) in [6.07, 6.45) is 4.33. The van der Waals surface area contributed by atoms with Crippen LogP contribution in [0.4, 0.5) is 4.79 Å². The molecule has 3 rings (SSSR count). The molecule has 8 nitrogen and oxygen atoms in total. The predicted octanol–water partition coefficient (Wildman–Crippen LogP) is 1.65. The van der Waals surface area contributed by atoms with Crippen molar-refractivity contribution in [2.24, 2.45) is 0 Å². The van der Waals surface area contributed by atoms with E-state index in [9.17, 15) is 14.4 Å². The number of urea groups is 1. The van der Waals surface area contributed by atoms with Crippen molar-refractivity contribution < 1.29 is 19.1 Å². The van der Waals surface area contributed by atoms with E-state index in [-0.39, 0.29) is 24.7 Å². The van der Waals surface area contributed by atoms with Crippen molar-refractivity contribution in [3.05, 3.63) is 59.9 Å². The highest BCUT2D eigenvalue weighted by molar-refractivity contribution is 6.04. The highest BCUT2D eigenvalue weighted by Crippen LogP contribution is 2.15. The molecule has 1 fully saturated rings. The molecule has 1 aliphatic heterocycles. The van der Waals surface area contributed by atoms with Crippen molar-refractivity contribution in [3.63, 3.8) is 0 Å². The number of methoxy groups -OCH3 is 1. The van der Waals surface area contributed by atoms with Gasteiger partial charge in [-0.3, -0.25) is 19.5 Å². The van der Waals surface area contributed by atoms with Gasteiger partial charge in [0.25, 0.3) is 5.91 Å². The third-order valence-electron chi connectivity index (χ3n) is 4.76. The number of carbonyl (C=O) groups is 3. The second-order valence-electron chi connectivity index (χ2n) is 6.77. The molecule has 0 radical (unpaired) electrons. The van der Waals surface area contributed by atoms with E-state index in [1.54, 1.807) is 25.6 Å². The second kappa shape index (κ2) is 9.68. The fourth-order valence-corrected chi connectivity index (χ4v) is 3.08. The number of nitrogens with zero attached hydrogens (tertiary/aromatic N) is 2. The van der Waals surface area contributed by atoms with E-state index in [2.05, 4.69) is 15.6 Å². The summed E-state index contributed by atoms with van der Waals surface area (Å²) in [7, 11) is 1.60. The molecular formula is C21H24N4O4. The van der Waals surface area contributed by atoms with Crippen LogP contribution in [0.25, 0.3) is 0 Å². The molecule has 2 heterocycles. The van der Waals surface area contributed by atoms with E-state index in [4.69, 9.17) is 4.74 Å². The molecule has 29 heavy (non-hydrogen) atoms. The van der Waals surface area contributed by atoms with E-state index in [0.717, 1.165) is 16.9 Å². The SMILES string of the molecule is COc1ccc(CCN2C(=O)NC(CCC(=O)NCc3cccnc3)C2=O)cc1. The molecule has 8 heteroatoms. The Balaban J connectivity index is 1.43. The number of aromatic nitrogens is 1. The van der Waals surface area contributed by atoms with Gasteiger partial charge in [-0.2, -0.15) is 0 Å². The van der Waals surface area contributed by atoms with Crippen molar-refractivity contribution in [1.29, 1.82) is 0 Å². The lowest BCUT2D eigenvalue weighted by molar-refractivity contribution is -0.127. The molecule has 1 aromatic carbocycles. The maximum atomic E-state index is 12.5. The Bertz CT molecular complexity index is 855. The van der Waals surface area contributed by atoms with Crippen LogP contribution in [-0.4, -0.2) is 47.4 Å². The molecule has 0 saturated carbocycles. The molecular weight excluding hydrogens is 372 g/mol. The standard InChI is InChI=1S/C21H24N4O4/c1-29-17-6-4-15(5-7-17)10-12-25-20(27)18(24-21(25)28)8-9-19(26)23-14-16-3-2-11-22-13-16/h2-7,11,13,18H,8-10,12,14H2,1H3,(H,23,26)(H,24,28). The Hall–Kier alpha value is -3.42. The summed E-state index contributed by atoms with van der Waals surface area (Å²) in [6, 6.07) is 10.1. The Morgan fingerprint density at radius 1 is 1.21 bits per heavy atom. The van der Waals surface area contributed by atoms with Gasteiger partial charge in [-0.15, -0.1) is 0 Å². The molecule has 1 saturated heterocycles. The minimum Gasteiger partial charge on any atom is -0.497 e. The number of carbonyl (C=O) groups excluding carboxylic acids is 3. The molecule has 0 aliphatic carbocycles. The zero-order chi connectivity index (χ0) is 20.6. The first-order valence-corrected chi connectivity index (χ1v) is 9.47. The Labute approximate surface area is 169 Å². The number of nitrogens with one attached hydrogen (secondary N) is 2. The van der Waals surface area contributed by atoms with Gasteiger partial charge in [-0.05, 0) is 42.2 Å². The van der Waals surface area contributed by atoms with Crippen LogP contribution in [0.1, 0.15) is 24.0 Å².